The molecule has 0 unspecified atom stereocenters. The minimum atomic E-state index is 0.435. The molecule has 0 spiro atoms. The number of benzene rings is 2. The highest BCUT2D eigenvalue weighted by atomic mass is 35.5. The van der Waals surface area contributed by atoms with Crippen LogP contribution >= 0.6 is 11.6 Å². The Morgan fingerprint density at radius 1 is 1.04 bits per heavy atom. The molecular weight excluding hydrogens is 348 g/mol. The molecule has 0 radical (unpaired) electrons. The van der Waals surface area contributed by atoms with E-state index in [9.17, 15) is 0 Å². The molecule has 4 aromatic rings. The van der Waals surface area contributed by atoms with E-state index >= 15 is 0 Å². The van der Waals surface area contributed by atoms with E-state index in [-0.39, 0.29) is 0 Å². The van der Waals surface area contributed by atoms with Gasteiger partial charge in [0.1, 0.15) is 0 Å². The Balaban J connectivity index is 1.38. The third-order valence-electron chi connectivity index (χ3n) is 4.03. The van der Waals surface area contributed by atoms with E-state index in [1.165, 1.54) is 10.9 Å². The monoisotopic (exact) mass is 364 g/mol. The molecule has 26 heavy (non-hydrogen) atoms. The Hall–Kier alpha value is -3.12. The molecule has 130 valence electrons. The van der Waals surface area contributed by atoms with Crippen LogP contribution in [0.3, 0.4) is 0 Å². The summed E-state index contributed by atoms with van der Waals surface area (Å²) < 4.78 is 0. The maximum Gasteiger partial charge on any atom is 0.249 e. The Morgan fingerprint density at radius 3 is 2.77 bits per heavy atom. The van der Waals surface area contributed by atoms with Crippen molar-refractivity contribution in [3.8, 4) is 0 Å². The lowest BCUT2D eigenvalue weighted by molar-refractivity contribution is 0.952. The van der Waals surface area contributed by atoms with Gasteiger partial charge in [-0.3, -0.25) is 0 Å². The fraction of sp³-hybridized carbons (Fsp3) is 0.105. The van der Waals surface area contributed by atoms with Crippen LogP contribution in [0.15, 0.2) is 60.9 Å². The first-order valence-corrected chi connectivity index (χ1v) is 8.67. The second kappa shape index (κ2) is 7.41. The van der Waals surface area contributed by atoms with E-state index in [1.807, 2.05) is 18.2 Å². The van der Waals surface area contributed by atoms with Crippen LogP contribution < -0.4 is 10.6 Å². The van der Waals surface area contributed by atoms with Crippen molar-refractivity contribution in [1.82, 2.24) is 20.2 Å². The van der Waals surface area contributed by atoms with E-state index in [0.29, 0.717) is 16.8 Å². The Kier molecular flexibility index (Phi) is 4.66. The number of nitrogens with one attached hydrogen (secondary N) is 3. The fourth-order valence-corrected chi connectivity index (χ4v) is 2.89. The molecule has 4 rings (SSSR count). The first-order chi connectivity index (χ1) is 12.8. The van der Waals surface area contributed by atoms with Gasteiger partial charge >= 0.3 is 0 Å². The van der Waals surface area contributed by atoms with Gasteiger partial charge < -0.3 is 15.6 Å². The largest absolute Gasteiger partial charge is 0.368 e. The third kappa shape index (κ3) is 3.75. The van der Waals surface area contributed by atoms with Crippen LogP contribution in [0.25, 0.3) is 10.9 Å². The predicted octanol–water partition coefficient (Wildman–Crippen LogP) is 4.40. The molecular formula is C19H17ClN6. The molecule has 2 aromatic carbocycles. The quantitative estimate of drug-likeness (QED) is 0.472. The van der Waals surface area contributed by atoms with E-state index in [1.54, 1.807) is 18.3 Å². The van der Waals surface area contributed by atoms with E-state index < -0.39 is 0 Å². The molecule has 2 aromatic heterocycles. The zero-order chi connectivity index (χ0) is 17.8. The molecule has 0 saturated carbocycles. The van der Waals surface area contributed by atoms with Crippen LogP contribution in [0.5, 0.6) is 0 Å². The summed E-state index contributed by atoms with van der Waals surface area (Å²) in [5.41, 5.74) is 3.28. The highest BCUT2D eigenvalue weighted by Gasteiger charge is 2.04. The number of aromatic amines is 1. The number of hydrogen-bond acceptors (Lipinski definition) is 5. The number of halogens is 1. The fourth-order valence-electron chi connectivity index (χ4n) is 2.77. The molecule has 0 bridgehead atoms. The number of fused-ring (bicyclic) bond motifs is 1. The number of H-pyrrole nitrogens is 1. The number of aromatic nitrogens is 4. The molecule has 0 aliphatic rings. The van der Waals surface area contributed by atoms with Gasteiger partial charge in [-0.25, -0.2) is 0 Å². The molecule has 0 atom stereocenters. The zero-order valence-electron chi connectivity index (χ0n) is 13.9. The van der Waals surface area contributed by atoms with Gasteiger partial charge in [0.25, 0.3) is 0 Å². The Labute approximate surface area is 155 Å². The highest BCUT2D eigenvalue weighted by Crippen LogP contribution is 2.19. The highest BCUT2D eigenvalue weighted by molar-refractivity contribution is 6.30. The van der Waals surface area contributed by atoms with Crippen molar-refractivity contribution in [2.24, 2.45) is 0 Å². The van der Waals surface area contributed by atoms with Gasteiger partial charge in [0.05, 0.1) is 6.20 Å². The van der Waals surface area contributed by atoms with Gasteiger partial charge in [-0.15, -0.1) is 5.10 Å². The topological polar surface area (TPSA) is 78.5 Å². The molecule has 0 saturated heterocycles. The third-order valence-corrected chi connectivity index (χ3v) is 4.29. The first kappa shape index (κ1) is 16.4. The van der Waals surface area contributed by atoms with Crippen LogP contribution in [0.1, 0.15) is 5.56 Å². The molecule has 0 aliphatic carbocycles. The normalized spacial score (nSPS) is 10.8. The Morgan fingerprint density at radius 2 is 1.88 bits per heavy atom. The summed E-state index contributed by atoms with van der Waals surface area (Å²) in [6.45, 7) is 0.751. The van der Waals surface area contributed by atoms with Crippen LogP contribution in [-0.2, 0) is 6.42 Å². The lowest BCUT2D eigenvalue weighted by Gasteiger charge is -2.07. The van der Waals surface area contributed by atoms with E-state index in [0.717, 1.165) is 24.2 Å². The van der Waals surface area contributed by atoms with Crippen molar-refractivity contribution in [3.63, 3.8) is 0 Å². The predicted molar refractivity (Wildman–Crippen MR) is 105 cm³/mol. The molecule has 0 amide bonds. The van der Waals surface area contributed by atoms with Crippen molar-refractivity contribution in [2.75, 3.05) is 17.2 Å². The average molecular weight is 365 g/mol. The van der Waals surface area contributed by atoms with Crippen LogP contribution in [0.4, 0.5) is 17.5 Å². The standard InChI is InChI=1S/C19H17ClN6/c20-14-5-7-15(8-6-14)24-19-25-18(12-23-26-19)21-10-9-13-11-22-17-4-2-1-3-16(13)17/h1-8,11-12,22H,9-10H2,(H2,21,24,25,26). The van der Waals surface area contributed by atoms with Crippen molar-refractivity contribution < 1.29 is 0 Å². The SMILES string of the molecule is Clc1ccc(Nc2nncc(NCCc3c[nH]c4ccccc34)n2)cc1. The average Bonchev–Trinajstić information content (AvgIpc) is 3.07. The summed E-state index contributed by atoms with van der Waals surface area (Å²) in [4.78, 5) is 7.73. The molecule has 3 N–H and O–H groups in total. The van der Waals surface area contributed by atoms with Crippen molar-refractivity contribution in [1.29, 1.82) is 0 Å². The number of nitrogens with zero attached hydrogens (tertiary/aromatic N) is 3. The van der Waals surface area contributed by atoms with Gasteiger partial charge in [0.15, 0.2) is 5.82 Å². The summed E-state index contributed by atoms with van der Waals surface area (Å²) in [7, 11) is 0. The van der Waals surface area contributed by atoms with Crippen molar-refractivity contribution >= 4 is 40.0 Å². The summed E-state index contributed by atoms with van der Waals surface area (Å²) in [6.07, 6.45) is 4.55. The maximum absolute atomic E-state index is 5.89. The smallest absolute Gasteiger partial charge is 0.249 e. The van der Waals surface area contributed by atoms with Gasteiger partial charge in [-0.1, -0.05) is 29.8 Å². The maximum atomic E-state index is 5.89. The second-order valence-corrected chi connectivity index (χ2v) is 6.27. The van der Waals surface area contributed by atoms with Gasteiger partial charge in [0, 0.05) is 34.4 Å². The van der Waals surface area contributed by atoms with Gasteiger partial charge in [-0.05, 0) is 42.3 Å². The van der Waals surface area contributed by atoms with Crippen LogP contribution in [0.2, 0.25) is 5.02 Å². The number of hydrogen-bond donors (Lipinski definition) is 3. The van der Waals surface area contributed by atoms with Crippen molar-refractivity contribution in [2.45, 2.75) is 6.42 Å². The second-order valence-electron chi connectivity index (χ2n) is 5.83. The van der Waals surface area contributed by atoms with Crippen LogP contribution in [-0.4, -0.2) is 26.7 Å². The van der Waals surface area contributed by atoms with E-state index in [4.69, 9.17) is 11.6 Å². The summed E-state index contributed by atoms with van der Waals surface area (Å²) in [5.74, 6) is 1.11. The van der Waals surface area contributed by atoms with Crippen molar-refractivity contribution in [3.05, 3.63) is 71.5 Å². The van der Waals surface area contributed by atoms with Gasteiger partial charge in [0.2, 0.25) is 5.95 Å². The summed E-state index contributed by atoms with van der Waals surface area (Å²) in [5, 5.41) is 16.3. The minimum absolute atomic E-state index is 0.435. The zero-order valence-corrected chi connectivity index (χ0v) is 14.7. The minimum Gasteiger partial charge on any atom is -0.368 e. The number of rotatable bonds is 6. The lowest BCUT2D eigenvalue weighted by atomic mass is 10.1. The Bertz CT molecular complexity index is 1010. The number of anilines is 3. The first-order valence-electron chi connectivity index (χ1n) is 8.29. The summed E-state index contributed by atoms with van der Waals surface area (Å²) in [6, 6.07) is 15.6. The molecule has 0 aliphatic heterocycles. The van der Waals surface area contributed by atoms with E-state index in [2.05, 4.69) is 55.2 Å². The van der Waals surface area contributed by atoms with Gasteiger partial charge in [-0.2, -0.15) is 10.1 Å². The summed E-state index contributed by atoms with van der Waals surface area (Å²) >= 11 is 5.89. The van der Waals surface area contributed by atoms with Crippen LogP contribution in [0, 0.1) is 0 Å². The lowest BCUT2D eigenvalue weighted by Crippen LogP contribution is -2.08. The molecule has 6 nitrogen and oxygen atoms in total. The number of para-hydroxylation sites is 1. The molecule has 2 heterocycles. The molecule has 0 fully saturated rings. The molecule has 7 heteroatoms.